The highest BCUT2D eigenvalue weighted by atomic mass is 32.1. The topological polar surface area (TPSA) is 123 Å². The lowest BCUT2D eigenvalue weighted by atomic mass is 10.2. The number of hydrazine groups is 1. The number of para-hydroxylation sites is 2. The van der Waals surface area contributed by atoms with Gasteiger partial charge < -0.3 is 4.74 Å². The van der Waals surface area contributed by atoms with Crippen LogP contribution in [0.2, 0.25) is 0 Å². The van der Waals surface area contributed by atoms with Gasteiger partial charge in [-0.3, -0.25) is 35.9 Å². The van der Waals surface area contributed by atoms with E-state index in [-0.39, 0.29) is 16.4 Å². The molecule has 0 aliphatic carbocycles. The second kappa shape index (κ2) is 11.5. The second-order valence-electron chi connectivity index (χ2n) is 6.19. The molecular formula is C20H22N4O5S. The molecule has 0 fully saturated rings. The summed E-state index contributed by atoms with van der Waals surface area (Å²) >= 11 is 5.02. The summed E-state index contributed by atoms with van der Waals surface area (Å²) < 4.78 is 5.68. The van der Waals surface area contributed by atoms with Gasteiger partial charge in [0.2, 0.25) is 0 Å². The number of hydrogen-bond donors (Lipinski definition) is 3. The molecule has 0 atom stereocenters. The molecule has 3 N–H and O–H groups in total. The average molecular weight is 430 g/mol. The van der Waals surface area contributed by atoms with E-state index in [0.717, 1.165) is 19.3 Å². The SMILES string of the molecule is CCCCCOc1ccccc1C(=O)NC(=S)NNC(=O)c1ccccc1[N+](=O)[O-]. The number of carbonyl (C=O) groups is 2. The molecule has 2 amide bonds. The van der Waals surface area contributed by atoms with Crippen molar-refractivity contribution in [3.8, 4) is 5.75 Å². The minimum atomic E-state index is -0.765. The van der Waals surface area contributed by atoms with E-state index in [4.69, 9.17) is 17.0 Å². The summed E-state index contributed by atoms with van der Waals surface area (Å²) in [5.74, 6) is -0.852. The van der Waals surface area contributed by atoms with Gasteiger partial charge in [0.05, 0.1) is 17.1 Å². The molecule has 0 aliphatic heterocycles. The first-order valence-corrected chi connectivity index (χ1v) is 9.71. The van der Waals surface area contributed by atoms with Gasteiger partial charge in [0.25, 0.3) is 17.5 Å². The molecule has 9 nitrogen and oxygen atoms in total. The van der Waals surface area contributed by atoms with Crippen LogP contribution in [0.25, 0.3) is 0 Å². The van der Waals surface area contributed by atoms with Gasteiger partial charge >= 0.3 is 0 Å². The van der Waals surface area contributed by atoms with E-state index in [0.29, 0.717) is 17.9 Å². The number of amides is 2. The van der Waals surface area contributed by atoms with Crippen LogP contribution in [0.5, 0.6) is 5.75 Å². The Kier molecular flexibility index (Phi) is 8.70. The normalized spacial score (nSPS) is 10.0. The van der Waals surface area contributed by atoms with Crippen molar-refractivity contribution in [3.63, 3.8) is 0 Å². The maximum absolute atomic E-state index is 12.5. The van der Waals surface area contributed by atoms with E-state index in [1.165, 1.54) is 24.3 Å². The minimum absolute atomic E-state index is 0.144. The lowest BCUT2D eigenvalue weighted by molar-refractivity contribution is -0.385. The Hall–Kier alpha value is -3.53. The first kappa shape index (κ1) is 22.8. The van der Waals surface area contributed by atoms with E-state index >= 15 is 0 Å². The highest BCUT2D eigenvalue weighted by molar-refractivity contribution is 7.80. The Morgan fingerprint density at radius 2 is 1.67 bits per heavy atom. The van der Waals surface area contributed by atoms with Gasteiger partial charge in [0, 0.05) is 6.07 Å². The summed E-state index contributed by atoms with van der Waals surface area (Å²) in [4.78, 5) is 35.0. The zero-order valence-electron chi connectivity index (χ0n) is 16.3. The zero-order chi connectivity index (χ0) is 21.9. The summed E-state index contributed by atoms with van der Waals surface area (Å²) in [5, 5.41) is 13.3. The number of carbonyl (C=O) groups excluding carboxylic acids is 2. The standard InChI is InChI=1S/C20H22N4O5S/c1-2-3-8-13-29-17-12-7-5-10-15(17)18(25)21-20(30)23-22-19(26)14-9-4-6-11-16(14)24(27)28/h4-7,9-12H,2-3,8,13H2,1H3,(H,22,26)(H2,21,23,25,30). The van der Waals surface area contributed by atoms with E-state index < -0.39 is 16.7 Å². The molecule has 30 heavy (non-hydrogen) atoms. The monoisotopic (exact) mass is 430 g/mol. The number of hydrogen-bond acceptors (Lipinski definition) is 6. The Labute approximate surface area is 178 Å². The summed E-state index contributed by atoms with van der Waals surface area (Å²) in [7, 11) is 0. The quantitative estimate of drug-likeness (QED) is 0.254. The second-order valence-corrected chi connectivity index (χ2v) is 6.60. The molecule has 0 aromatic heterocycles. The van der Waals surface area contributed by atoms with Crippen LogP contribution in [0, 0.1) is 10.1 Å². The van der Waals surface area contributed by atoms with Crippen molar-refractivity contribution in [2.45, 2.75) is 26.2 Å². The molecule has 0 radical (unpaired) electrons. The molecule has 0 unspecified atom stereocenters. The third-order valence-corrected chi connectivity index (χ3v) is 4.20. The molecule has 0 saturated carbocycles. The third kappa shape index (κ3) is 6.52. The predicted molar refractivity (Wildman–Crippen MR) is 115 cm³/mol. The van der Waals surface area contributed by atoms with Crippen molar-refractivity contribution in [1.29, 1.82) is 0 Å². The fourth-order valence-corrected chi connectivity index (χ4v) is 2.67. The van der Waals surface area contributed by atoms with Gasteiger partial charge in [-0.1, -0.05) is 44.0 Å². The molecular weight excluding hydrogens is 408 g/mol. The van der Waals surface area contributed by atoms with Crippen LogP contribution in [-0.4, -0.2) is 28.5 Å². The van der Waals surface area contributed by atoms with Crippen LogP contribution in [0.3, 0.4) is 0 Å². The Balaban J connectivity index is 1.93. The first-order valence-electron chi connectivity index (χ1n) is 9.31. The molecule has 10 heteroatoms. The maximum atomic E-state index is 12.5. The summed E-state index contributed by atoms with van der Waals surface area (Å²) in [6.07, 6.45) is 2.97. The van der Waals surface area contributed by atoms with Gasteiger partial charge in [0.1, 0.15) is 11.3 Å². The fourth-order valence-electron chi connectivity index (χ4n) is 2.52. The molecule has 2 aromatic rings. The van der Waals surface area contributed by atoms with Crippen LogP contribution in [0.4, 0.5) is 5.69 Å². The number of benzene rings is 2. The van der Waals surface area contributed by atoms with Crippen molar-refractivity contribution < 1.29 is 19.2 Å². The minimum Gasteiger partial charge on any atom is -0.493 e. The van der Waals surface area contributed by atoms with E-state index in [1.54, 1.807) is 24.3 Å². The first-order chi connectivity index (χ1) is 14.4. The molecule has 2 aromatic carbocycles. The molecule has 158 valence electrons. The van der Waals surface area contributed by atoms with Crippen LogP contribution >= 0.6 is 12.2 Å². The number of ether oxygens (including phenoxy) is 1. The van der Waals surface area contributed by atoms with Crippen molar-refractivity contribution in [3.05, 3.63) is 69.8 Å². The number of rotatable bonds is 8. The van der Waals surface area contributed by atoms with Crippen molar-refractivity contribution in [2.75, 3.05) is 6.61 Å². The summed E-state index contributed by atoms with van der Waals surface area (Å²) in [6, 6.07) is 12.2. The molecule has 0 bridgehead atoms. The summed E-state index contributed by atoms with van der Waals surface area (Å²) in [5.41, 5.74) is 4.40. The predicted octanol–water partition coefficient (Wildman–Crippen LogP) is 3.11. The van der Waals surface area contributed by atoms with Crippen molar-refractivity contribution in [2.24, 2.45) is 0 Å². The lowest BCUT2D eigenvalue weighted by Gasteiger charge is -2.13. The van der Waals surface area contributed by atoms with E-state index in [2.05, 4.69) is 23.1 Å². The number of unbranched alkanes of at least 4 members (excludes halogenated alkanes) is 2. The number of thiocarbonyl (C=S) groups is 1. The van der Waals surface area contributed by atoms with Crippen LogP contribution < -0.4 is 20.9 Å². The van der Waals surface area contributed by atoms with Crippen LogP contribution in [-0.2, 0) is 0 Å². The number of nitro benzene ring substituents is 1. The van der Waals surface area contributed by atoms with Gasteiger partial charge in [-0.15, -0.1) is 0 Å². The molecule has 0 saturated heterocycles. The van der Waals surface area contributed by atoms with E-state index in [9.17, 15) is 19.7 Å². The van der Waals surface area contributed by atoms with Gasteiger partial charge in [-0.2, -0.15) is 0 Å². The molecule has 0 aliphatic rings. The Morgan fingerprint density at radius 1 is 1.00 bits per heavy atom. The number of nitrogens with zero attached hydrogens (tertiary/aromatic N) is 1. The van der Waals surface area contributed by atoms with Crippen molar-refractivity contribution in [1.82, 2.24) is 16.2 Å². The Bertz CT molecular complexity index is 935. The summed E-state index contributed by atoms with van der Waals surface area (Å²) in [6.45, 7) is 2.58. The van der Waals surface area contributed by atoms with Crippen molar-refractivity contribution >= 4 is 34.8 Å². The highest BCUT2D eigenvalue weighted by Crippen LogP contribution is 2.19. The molecule has 0 heterocycles. The van der Waals surface area contributed by atoms with E-state index in [1.807, 2.05) is 0 Å². The third-order valence-electron chi connectivity index (χ3n) is 4.00. The highest BCUT2D eigenvalue weighted by Gasteiger charge is 2.19. The smallest absolute Gasteiger partial charge is 0.282 e. The lowest BCUT2D eigenvalue weighted by Crippen LogP contribution is -2.48. The Morgan fingerprint density at radius 3 is 2.37 bits per heavy atom. The largest absolute Gasteiger partial charge is 0.493 e. The zero-order valence-corrected chi connectivity index (χ0v) is 17.2. The van der Waals surface area contributed by atoms with Gasteiger partial charge in [0.15, 0.2) is 5.11 Å². The average Bonchev–Trinajstić information content (AvgIpc) is 2.75. The van der Waals surface area contributed by atoms with Crippen LogP contribution in [0.1, 0.15) is 46.9 Å². The molecule has 0 spiro atoms. The van der Waals surface area contributed by atoms with Gasteiger partial charge in [-0.05, 0) is 36.8 Å². The van der Waals surface area contributed by atoms with Gasteiger partial charge in [-0.25, -0.2) is 0 Å². The number of nitro groups is 1. The maximum Gasteiger partial charge on any atom is 0.282 e. The van der Waals surface area contributed by atoms with Crippen LogP contribution in [0.15, 0.2) is 48.5 Å². The fraction of sp³-hybridized carbons (Fsp3) is 0.250. The number of nitrogens with one attached hydrogen (secondary N) is 3. The molecule has 2 rings (SSSR count).